The Morgan fingerprint density at radius 2 is 2.17 bits per heavy atom. The highest BCUT2D eigenvalue weighted by Gasteiger charge is 2.31. The lowest BCUT2D eigenvalue weighted by Gasteiger charge is -2.15. The van der Waals surface area contributed by atoms with Gasteiger partial charge in [0.15, 0.2) is 11.0 Å². The van der Waals surface area contributed by atoms with Crippen LogP contribution in [0.25, 0.3) is 11.5 Å². The molecule has 0 radical (unpaired) electrons. The molecule has 0 spiro atoms. The monoisotopic (exact) mass is 422 g/mol. The van der Waals surface area contributed by atoms with Crippen LogP contribution in [-0.2, 0) is 24.2 Å². The van der Waals surface area contributed by atoms with E-state index in [1.54, 1.807) is 28.7 Å². The van der Waals surface area contributed by atoms with Gasteiger partial charge in [-0.25, -0.2) is 9.97 Å². The minimum Gasteiger partial charge on any atom is -0.354 e. The first-order chi connectivity index (χ1) is 14.7. The van der Waals surface area contributed by atoms with Crippen LogP contribution in [0.4, 0.5) is 0 Å². The normalized spacial score (nSPS) is 17.0. The number of hydrogen-bond acceptors (Lipinski definition) is 6. The molecule has 4 heterocycles. The third kappa shape index (κ3) is 3.54. The maximum Gasteiger partial charge on any atom is 0.257 e. The number of nitrogens with one attached hydrogen (secondary N) is 1. The average molecular weight is 423 g/mol. The Morgan fingerprint density at radius 1 is 1.23 bits per heavy atom. The number of thioether (sulfide) groups is 1. The molecule has 1 amide bonds. The molecule has 3 aromatic rings. The highest BCUT2D eigenvalue weighted by molar-refractivity contribution is 7.99. The van der Waals surface area contributed by atoms with Gasteiger partial charge >= 0.3 is 0 Å². The molecule has 0 fully saturated rings. The van der Waals surface area contributed by atoms with E-state index >= 15 is 0 Å². The van der Waals surface area contributed by atoms with Crippen LogP contribution in [0.2, 0.25) is 0 Å². The highest BCUT2D eigenvalue weighted by Crippen LogP contribution is 2.33. The van der Waals surface area contributed by atoms with Crippen LogP contribution in [0.1, 0.15) is 30.1 Å². The van der Waals surface area contributed by atoms with Crippen LogP contribution in [0.15, 0.2) is 46.7 Å². The van der Waals surface area contributed by atoms with Crippen molar-refractivity contribution in [3.05, 3.63) is 58.4 Å². The Balaban J connectivity index is 1.20. The smallest absolute Gasteiger partial charge is 0.257 e. The minimum absolute atomic E-state index is 0.0497. The number of hydrogen-bond donors (Lipinski definition) is 1. The fourth-order valence-electron chi connectivity index (χ4n) is 4.12. The van der Waals surface area contributed by atoms with Crippen molar-refractivity contribution in [2.75, 3.05) is 12.3 Å². The summed E-state index contributed by atoms with van der Waals surface area (Å²) in [6, 6.07) is 5.57. The van der Waals surface area contributed by atoms with Gasteiger partial charge in [0.1, 0.15) is 5.69 Å². The van der Waals surface area contributed by atoms with Gasteiger partial charge in [0.05, 0.1) is 11.7 Å². The largest absolute Gasteiger partial charge is 0.354 e. The summed E-state index contributed by atoms with van der Waals surface area (Å²) in [5, 5.41) is 3.74. The van der Waals surface area contributed by atoms with Crippen molar-refractivity contribution in [3.63, 3.8) is 0 Å². The zero-order valence-corrected chi connectivity index (χ0v) is 17.3. The van der Waals surface area contributed by atoms with Crippen molar-refractivity contribution >= 4 is 17.7 Å². The molecule has 9 heteroatoms. The molecule has 0 saturated carbocycles. The number of amides is 1. The van der Waals surface area contributed by atoms with Gasteiger partial charge < -0.3 is 9.88 Å². The molecule has 1 aliphatic carbocycles. The topological polar surface area (TPSA) is 94.7 Å². The van der Waals surface area contributed by atoms with E-state index in [-0.39, 0.29) is 23.9 Å². The number of nitrogens with zero attached hydrogens (tertiary/aromatic N) is 5. The number of carbonyl (C=O) groups is 1. The van der Waals surface area contributed by atoms with Crippen LogP contribution in [-0.4, -0.2) is 42.3 Å². The van der Waals surface area contributed by atoms with Gasteiger partial charge in [-0.3, -0.25) is 19.1 Å². The third-order valence-corrected chi connectivity index (χ3v) is 6.68. The first-order valence-electron chi connectivity index (χ1n) is 10.2. The Kier molecular flexibility index (Phi) is 5.12. The molecule has 1 unspecified atom stereocenters. The Hall–Kier alpha value is -2.94. The van der Waals surface area contributed by atoms with Crippen LogP contribution < -0.4 is 10.9 Å². The zero-order valence-electron chi connectivity index (χ0n) is 16.5. The number of fused-ring (bicyclic) bond motifs is 2. The molecule has 1 N–H and O–H groups in total. The quantitative estimate of drug-likeness (QED) is 0.609. The second kappa shape index (κ2) is 8.06. The Bertz CT molecular complexity index is 1140. The number of imidazole rings is 1. The molecule has 5 rings (SSSR count). The van der Waals surface area contributed by atoms with Gasteiger partial charge in [0.25, 0.3) is 5.56 Å². The van der Waals surface area contributed by atoms with Crippen LogP contribution >= 0.6 is 11.8 Å². The van der Waals surface area contributed by atoms with E-state index in [4.69, 9.17) is 0 Å². The summed E-state index contributed by atoms with van der Waals surface area (Å²) in [5.74, 6) is 1.43. The van der Waals surface area contributed by atoms with E-state index in [0.29, 0.717) is 18.8 Å². The Labute approximate surface area is 177 Å². The summed E-state index contributed by atoms with van der Waals surface area (Å²) in [7, 11) is 0. The number of rotatable bonds is 6. The maximum absolute atomic E-state index is 12.8. The second-order valence-corrected chi connectivity index (χ2v) is 8.51. The summed E-state index contributed by atoms with van der Waals surface area (Å²) in [6.45, 7) is 1.09. The van der Waals surface area contributed by atoms with E-state index in [1.165, 1.54) is 0 Å². The fraction of sp³-hybridized carbons (Fsp3) is 0.381. The average Bonchev–Trinajstić information content (AvgIpc) is 3.49. The lowest BCUT2D eigenvalue weighted by Crippen LogP contribution is -2.33. The Morgan fingerprint density at radius 3 is 3.03 bits per heavy atom. The second-order valence-electron chi connectivity index (χ2n) is 7.53. The van der Waals surface area contributed by atoms with E-state index in [9.17, 15) is 9.59 Å². The maximum atomic E-state index is 12.8. The molecule has 30 heavy (non-hydrogen) atoms. The zero-order chi connectivity index (χ0) is 20.5. The van der Waals surface area contributed by atoms with E-state index < -0.39 is 0 Å². The van der Waals surface area contributed by atoms with Crippen molar-refractivity contribution in [2.45, 2.75) is 43.4 Å². The highest BCUT2D eigenvalue weighted by atomic mass is 32.2. The van der Waals surface area contributed by atoms with E-state index in [2.05, 4.69) is 20.3 Å². The van der Waals surface area contributed by atoms with Gasteiger partial charge in [-0.2, -0.15) is 0 Å². The molecule has 3 aromatic heterocycles. The van der Waals surface area contributed by atoms with Crippen molar-refractivity contribution in [3.8, 4) is 11.5 Å². The van der Waals surface area contributed by atoms with Crippen LogP contribution in [0.5, 0.6) is 0 Å². The molecule has 8 nitrogen and oxygen atoms in total. The van der Waals surface area contributed by atoms with Crippen LogP contribution in [0.3, 0.4) is 0 Å². The summed E-state index contributed by atoms with van der Waals surface area (Å²) in [5.41, 5.74) is 2.64. The molecule has 1 atom stereocenters. The standard InChI is InChI=1S/C21H22N6O2S/c28-18(23-8-10-26-11-9-24-19(26)17-5-1-2-7-22-17)12-14-13-30-21-25-16-6-3-4-15(16)20(29)27(14)21/h1-2,5,7,9,11,14H,3-4,6,8,10,12-13H2,(H,23,28). The first kappa shape index (κ1) is 19.0. The predicted molar refractivity (Wildman–Crippen MR) is 113 cm³/mol. The number of carbonyl (C=O) groups excluding carboxylic acids is 1. The lowest BCUT2D eigenvalue weighted by molar-refractivity contribution is -0.121. The van der Waals surface area contributed by atoms with E-state index in [1.807, 2.05) is 29.0 Å². The van der Waals surface area contributed by atoms with Crippen molar-refractivity contribution in [2.24, 2.45) is 0 Å². The summed E-state index contributed by atoms with van der Waals surface area (Å²) >= 11 is 1.57. The van der Waals surface area contributed by atoms with Crippen molar-refractivity contribution in [1.29, 1.82) is 0 Å². The molecule has 1 aliphatic heterocycles. The summed E-state index contributed by atoms with van der Waals surface area (Å²) in [4.78, 5) is 38.8. The minimum atomic E-state index is -0.131. The third-order valence-electron chi connectivity index (χ3n) is 5.58. The van der Waals surface area contributed by atoms with Crippen LogP contribution in [0, 0.1) is 0 Å². The lowest BCUT2D eigenvalue weighted by atomic mass is 10.2. The van der Waals surface area contributed by atoms with Crippen molar-refractivity contribution in [1.82, 2.24) is 29.4 Å². The molecule has 0 aromatic carbocycles. The van der Waals surface area contributed by atoms with Gasteiger partial charge in [-0.05, 0) is 31.4 Å². The molecular weight excluding hydrogens is 400 g/mol. The van der Waals surface area contributed by atoms with Gasteiger partial charge in [-0.15, -0.1) is 0 Å². The molecular formula is C21H22N6O2S. The number of aryl methyl sites for hydroxylation is 1. The summed E-state index contributed by atoms with van der Waals surface area (Å²) in [6.07, 6.45) is 8.32. The van der Waals surface area contributed by atoms with Crippen molar-refractivity contribution < 1.29 is 4.79 Å². The molecule has 154 valence electrons. The SMILES string of the molecule is O=C(CC1CSc2nc3c(c(=O)n21)CCC3)NCCn1ccnc1-c1ccccn1. The van der Waals surface area contributed by atoms with Gasteiger partial charge in [0, 0.05) is 49.4 Å². The number of pyridine rings is 1. The molecule has 0 saturated heterocycles. The first-order valence-corrected chi connectivity index (χ1v) is 11.2. The molecule has 2 aliphatic rings. The predicted octanol–water partition coefficient (Wildman–Crippen LogP) is 1.84. The van der Waals surface area contributed by atoms with E-state index in [0.717, 1.165) is 47.2 Å². The van der Waals surface area contributed by atoms with Gasteiger partial charge in [0.2, 0.25) is 5.91 Å². The fourth-order valence-corrected chi connectivity index (χ4v) is 5.28. The molecule has 0 bridgehead atoms. The summed E-state index contributed by atoms with van der Waals surface area (Å²) < 4.78 is 3.71. The van der Waals surface area contributed by atoms with Gasteiger partial charge in [-0.1, -0.05) is 17.8 Å². The number of aromatic nitrogens is 5.